The van der Waals surface area contributed by atoms with Gasteiger partial charge >= 0.3 is 0 Å². The first-order valence-corrected chi connectivity index (χ1v) is 5.14. The maximum absolute atomic E-state index is 5.67. The van der Waals surface area contributed by atoms with Gasteiger partial charge in [0, 0.05) is 19.3 Å². The summed E-state index contributed by atoms with van der Waals surface area (Å²) in [7, 11) is 0. The van der Waals surface area contributed by atoms with Gasteiger partial charge in [-0.3, -0.25) is 4.98 Å². The zero-order valence-electron chi connectivity index (χ0n) is 9.11. The highest BCUT2D eigenvalue weighted by Gasteiger charge is 2.08. The minimum absolute atomic E-state index is 0.517. The first-order valence-electron chi connectivity index (χ1n) is 5.14. The number of rotatable bonds is 5. The van der Waals surface area contributed by atoms with Gasteiger partial charge < -0.3 is 10.6 Å². The maximum Gasteiger partial charge on any atom is 0.0792 e. The van der Waals surface area contributed by atoms with E-state index in [1.54, 1.807) is 6.20 Å². The highest BCUT2D eigenvalue weighted by atomic mass is 15.1. The number of pyridine rings is 1. The summed E-state index contributed by atoms with van der Waals surface area (Å²) < 4.78 is 0. The van der Waals surface area contributed by atoms with Crippen LogP contribution in [0.3, 0.4) is 0 Å². The molecule has 1 aromatic heterocycles. The average molecular weight is 203 g/mol. The number of nitrogens with zero attached hydrogens (tertiary/aromatic N) is 2. The largest absolute Gasteiger partial charge is 0.359 e. The predicted molar refractivity (Wildman–Crippen MR) is 63.5 cm³/mol. The zero-order valence-corrected chi connectivity index (χ0v) is 9.11. The number of aromatic nitrogens is 1. The quantitative estimate of drug-likeness (QED) is 0.735. The number of terminal acetylenes is 1. The van der Waals surface area contributed by atoms with Crippen molar-refractivity contribution in [3.8, 4) is 12.3 Å². The first kappa shape index (κ1) is 11.5. The van der Waals surface area contributed by atoms with Gasteiger partial charge in [0.05, 0.1) is 18.4 Å². The fraction of sp³-hybridized carbons (Fsp3) is 0.417. The lowest BCUT2D eigenvalue weighted by molar-refractivity contribution is 0.812. The van der Waals surface area contributed by atoms with E-state index in [2.05, 4.69) is 22.7 Å². The van der Waals surface area contributed by atoms with E-state index in [1.165, 1.54) is 0 Å². The molecule has 0 atom stereocenters. The zero-order chi connectivity index (χ0) is 11.1. The molecule has 1 aromatic rings. The lowest BCUT2D eigenvalue weighted by atomic mass is 10.2. The van der Waals surface area contributed by atoms with Crippen LogP contribution in [-0.4, -0.2) is 18.1 Å². The van der Waals surface area contributed by atoms with Crippen molar-refractivity contribution in [3.63, 3.8) is 0 Å². The number of hydrogen-bond acceptors (Lipinski definition) is 3. The van der Waals surface area contributed by atoms with Crippen molar-refractivity contribution in [1.82, 2.24) is 4.98 Å². The highest BCUT2D eigenvalue weighted by molar-refractivity contribution is 5.52. The Balaban J connectivity index is 2.94. The van der Waals surface area contributed by atoms with E-state index in [-0.39, 0.29) is 0 Å². The van der Waals surface area contributed by atoms with Gasteiger partial charge in [-0.2, -0.15) is 0 Å². The van der Waals surface area contributed by atoms with Crippen molar-refractivity contribution in [1.29, 1.82) is 0 Å². The standard InChI is InChI=1S/C12H17N3/c1-3-7-15(8-4-2)12-10-14-6-5-11(12)9-13/h1,5-6,10H,4,7-9,13H2,2H3. The summed E-state index contributed by atoms with van der Waals surface area (Å²) in [6, 6.07) is 1.94. The predicted octanol–water partition coefficient (Wildman–Crippen LogP) is 1.39. The molecule has 0 saturated carbocycles. The van der Waals surface area contributed by atoms with Crippen LogP contribution < -0.4 is 10.6 Å². The molecule has 0 radical (unpaired) electrons. The Kier molecular flexibility index (Phi) is 4.65. The summed E-state index contributed by atoms with van der Waals surface area (Å²) in [5.41, 5.74) is 7.82. The second kappa shape index (κ2) is 6.05. The maximum atomic E-state index is 5.67. The molecule has 0 aliphatic carbocycles. The lowest BCUT2D eigenvalue weighted by Gasteiger charge is -2.23. The van der Waals surface area contributed by atoms with Crippen LogP contribution in [0.5, 0.6) is 0 Å². The Morgan fingerprint density at radius 2 is 2.40 bits per heavy atom. The molecule has 0 saturated heterocycles. The van der Waals surface area contributed by atoms with Gasteiger partial charge in [0.1, 0.15) is 0 Å². The molecule has 2 N–H and O–H groups in total. The van der Waals surface area contributed by atoms with E-state index in [0.29, 0.717) is 13.1 Å². The van der Waals surface area contributed by atoms with Crippen molar-refractivity contribution < 1.29 is 0 Å². The van der Waals surface area contributed by atoms with E-state index in [0.717, 1.165) is 24.2 Å². The molecule has 0 unspecified atom stereocenters. The molecule has 1 heterocycles. The summed E-state index contributed by atoms with van der Waals surface area (Å²) in [5.74, 6) is 2.66. The molecule has 0 aliphatic rings. The summed E-state index contributed by atoms with van der Waals surface area (Å²) in [5, 5.41) is 0. The molecule has 80 valence electrons. The van der Waals surface area contributed by atoms with Crippen LogP contribution in [0.15, 0.2) is 18.5 Å². The average Bonchev–Trinajstić information content (AvgIpc) is 2.29. The Bertz CT molecular complexity index is 341. The van der Waals surface area contributed by atoms with E-state index in [1.807, 2.05) is 12.3 Å². The van der Waals surface area contributed by atoms with E-state index in [9.17, 15) is 0 Å². The molecule has 0 aromatic carbocycles. The van der Waals surface area contributed by atoms with Gasteiger partial charge in [-0.05, 0) is 18.1 Å². The van der Waals surface area contributed by atoms with Crippen molar-refractivity contribution >= 4 is 5.69 Å². The third-order valence-electron chi connectivity index (χ3n) is 2.22. The fourth-order valence-corrected chi connectivity index (χ4v) is 1.54. The van der Waals surface area contributed by atoms with E-state index >= 15 is 0 Å². The third-order valence-corrected chi connectivity index (χ3v) is 2.22. The molecule has 0 bridgehead atoms. The summed E-state index contributed by atoms with van der Waals surface area (Å²) in [6.45, 7) is 4.18. The van der Waals surface area contributed by atoms with Crippen LogP contribution in [-0.2, 0) is 6.54 Å². The Morgan fingerprint density at radius 1 is 1.60 bits per heavy atom. The van der Waals surface area contributed by atoms with Crippen LogP contribution in [0.2, 0.25) is 0 Å². The minimum atomic E-state index is 0.517. The number of anilines is 1. The molecular weight excluding hydrogens is 186 g/mol. The van der Waals surface area contributed by atoms with Gasteiger partial charge in [0.15, 0.2) is 0 Å². The molecular formula is C12H17N3. The van der Waals surface area contributed by atoms with E-state index in [4.69, 9.17) is 12.2 Å². The summed E-state index contributed by atoms with van der Waals surface area (Å²) >= 11 is 0. The van der Waals surface area contributed by atoms with Crippen LogP contribution in [0.25, 0.3) is 0 Å². The van der Waals surface area contributed by atoms with Gasteiger partial charge in [0.2, 0.25) is 0 Å². The first-order chi connectivity index (χ1) is 7.33. The lowest BCUT2D eigenvalue weighted by Crippen LogP contribution is -2.26. The molecule has 0 aliphatic heterocycles. The molecule has 3 heteroatoms. The van der Waals surface area contributed by atoms with Crippen molar-refractivity contribution in [2.45, 2.75) is 19.9 Å². The Hall–Kier alpha value is -1.53. The highest BCUT2D eigenvalue weighted by Crippen LogP contribution is 2.18. The second-order valence-corrected chi connectivity index (χ2v) is 3.33. The van der Waals surface area contributed by atoms with Crippen LogP contribution in [0, 0.1) is 12.3 Å². The summed E-state index contributed by atoms with van der Waals surface area (Å²) in [4.78, 5) is 6.25. The van der Waals surface area contributed by atoms with Crippen molar-refractivity contribution in [2.75, 3.05) is 18.0 Å². The Morgan fingerprint density at radius 3 is 3.00 bits per heavy atom. The van der Waals surface area contributed by atoms with Crippen molar-refractivity contribution in [2.24, 2.45) is 5.73 Å². The van der Waals surface area contributed by atoms with Gasteiger partial charge in [0.25, 0.3) is 0 Å². The number of nitrogens with two attached hydrogens (primary N) is 1. The smallest absolute Gasteiger partial charge is 0.0792 e. The molecule has 1 rings (SSSR count). The fourth-order valence-electron chi connectivity index (χ4n) is 1.54. The van der Waals surface area contributed by atoms with Crippen LogP contribution in [0.1, 0.15) is 18.9 Å². The Labute approximate surface area is 91.3 Å². The summed E-state index contributed by atoms with van der Waals surface area (Å²) in [6.07, 6.45) is 9.99. The normalized spacial score (nSPS) is 9.67. The van der Waals surface area contributed by atoms with Gasteiger partial charge in [-0.15, -0.1) is 6.42 Å². The molecule has 15 heavy (non-hydrogen) atoms. The van der Waals surface area contributed by atoms with Gasteiger partial charge in [-0.1, -0.05) is 12.8 Å². The van der Waals surface area contributed by atoms with Crippen LogP contribution >= 0.6 is 0 Å². The molecule has 0 amide bonds. The minimum Gasteiger partial charge on any atom is -0.359 e. The number of hydrogen-bond donors (Lipinski definition) is 1. The molecule has 0 fully saturated rings. The van der Waals surface area contributed by atoms with Crippen molar-refractivity contribution in [3.05, 3.63) is 24.0 Å². The third kappa shape index (κ3) is 2.97. The topological polar surface area (TPSA) is 42.2 Å². The second-order valence-electron chi connectivity index (χ2n) is 3.33. The van der Waals surface area contributed by atoms with Crippen LogP contribution in [0.4, 0.5) is 5.69 Å². The molecule has 0 spiro atoms. The SMILES string of the molecule is C#CCN(CCC)c1cnccc1CN. The molecule has 3 nitrogen and oxygen atoms in total. The monoisotopic (exact) mass is 203 g/mol. The van der Waals surface area contributed by atoms with E-state index < -0.39 is 0 Å². The van der Waals surface area contributed by atoms with Gasteiger partial charge in [-0.25, -0.2) is 0 Å².